The highest BCUT2D eigenvalue weighted by Crippen LogP contribution is 2.29. The summed E-state index contributed by atoms with van der Waals surface area (Å²) < 4.78 is 5.15. The van der Waals surface area contributed by atoms with Crippen LogP contribution in [0.25, 0.3) is 0 Å². The van der Waals surface area contributed by atoms with E-state index in [9.17, 15) is 9.59 Å². The number of nitrogens with one attached hydrogen (secondary N) is 1. The second-order valence-corrected chi connectivity index (χ2v) is 5.72. The van der Waals surface area contributed by atoms with E-state index in [4.69, 9.17) is 9.84 Å². The summed E-state index contributed by atoms with van der Waals surface area (Å²) in [5.41, 5.74) is -0.883. The van der Waals surface area contributed by atoms with Crippen molar-refractivity contribution < 1.29 is 19.4 Å². The number of hydrogen-bond acceptors (Lipinski definition) is 3. The van der Waals surface area contributed by atoms with Gasteiger partial charge >= 0.3 is 12.1 Å². The number of alkyl carbamates (subject to hydrolysis) is 1. The fourth-order valence-electron chi connectivity index (χ4n) is 1.99. The third-order valence-corrected chi connectivity index (χ3v) is 3.03. The molecule has 1 fully saturated rings. The molecule has 0 aliphatic carbocycles. The number of carboxylic acids is 1. The van der Waals surface area contributed by atoms with E-state index in [1.54, 1.807) is 13.8 Å². The number of rotatable bonds is 5. The van der Waals surface area contributed by atoms with Gasteiger partial charge in [-0.2, -0.15) is 0 Å². The van der Waals surface area contributed by atoms with Crippen LogP contribution in [0.1, 0.15) is 40.5 Å². The van der Waals surface area contributed by atoms with Gasteiger partial charge in [-0.15, -0.1) is 0 Å². The number of hydrogen-bond donors (Lipinski definition) is 2. The molecule has 1 rings (SSSR count). The van der Waals surface area contributed by atoms with Crippen molar-refractivity contribution in [2.24, 2.45) is 11.3 Å². The van der Waals surface area contributed by atoms with E-state index < -0.39 is 17.5 Å². The van der Waals surface area contributed by atoms with E-state index >= 15 is 0 Å². The molecule has 0 saturated carbocycles. The molecule has 0 spiro atoms. The van der Waals surface area contributed by atoms with E-state index in [0.29, 0.717) is 12.3 Å². The first-order chi connectivity index (χ1) is 7.72. The molecule has 2 atom stereocenters. The Morgan fingerprint density at radius 1 is 1.53 bits per heavy atom. The van der Waals surface area contributed by atoms with E-state index in [1.807, 2.05) is 0 Å². The zero-order valence-electron chi connectivity index (χ0n) is 10.8. The molecule has 1 amide bonds. The van der Waals surface area contributed by atoms with Crippen molar-refractivity contribution in [3.8, 4) is 0 Å². The van der Waals surface area contributed by atoms with Crippen LogP contribution in [0.4, 0.5) is 4.79 Å². The van der Waals surface area contributed by atoms with E-state index in [2.05, 4.69) is 19.2 Å². The summed E-state index contributed by atoms with van der Waals surface area (Å²) in [4.78, 5) is 22.3. The van der Waals surface area contributed by atoms with Crippen LogP contribution in [-0.4, -0.2) is 29.3 Å². The lowest BCUT2D eigenvalue weighted by Crippen LogP contribution is -2.37. The fraction of sp³-hybridized carbons (Fsp3) is 0.833. The van der Waals surface area contributed by atoms with Crippen molar-refractivity contribution in [2.75, 3.05) is 0 Å². The van der Waals surface area contributed by atoms with Gasteiger partial charge in [0.15, 0.2) is 0 Å². The molecule has 0 radical (unpaired) electrons. The van der Waals surface area contributed by atoms with Gasteiger partial charge in [0.25, 0.3) is 0 Å². The first kappa shape index (κ1) is 13.8. The Labute approximate surface area is 102 Å². The van der Waals surface area contributed by atoms with Gasteiger partial charge in [-0.05, 0) is 26.2 Å². The Balaban J connectivity index is 2.68. The van der Waals surface area contributed by atoms with E-state index in [0.717, 1.165) is 6.42 Å². The summed E-state index contributed by atoms with van der Waals surface area (Å²) in [7, 11) is 0. The average Bonchev–Trinajstić information content (AvgIpc) is 2.44. The average molecular weight is 243 g/mol. The molecule has 1 aliphatic rings. The topological polar surface area (TPSA) is 75.6 Å². The summed E-state index contributed by atoms with van der Waals surface area (Å²) in [5, 5.41) is 11.8. The normalized spacial score (nSPS) is 24.6. The van der Waals surface area contributed by atoms with Crippen LogP contribution in [0.5, 0.6) is 0 Å². The third-order valence-electron chi connectivity index (χ3n) is 3.03. The number of ether oxygens (including phenoxy) is 1. The Kier molecular flexibility index (Phi) is 4.01. The lowest BCUT2D eigenvalue weighted by molar-refractivity contribution is -0.148. The number of amides is 1. The highest BCUT2D eigenvalue weighted by molar-refractivity contribution is 5.74. The van der Waals surface area contributed by atoms with Crippen molar-refractivity contribution in [3.63, 3.8) is 0 Å². The largest absolute Gasteiger partial charge is 0.481 e. The number of carbonyl (C=O) groups excluding carboxylic acids is 1. The molecule has 0 bridgehead atoms. The van der Waals surface area contributed by atoms with Crippen molar-refractivity contribution in [3.05, 3.63) is 0 Å². The van der Waals surface area contributed by atoms with Crippen molar-refractivity contribution in [1.82, 2.24) is 5.32 Å². The van der Waals surface area contributed by atoms with Gasteiger partial charge in [0.2, 0.25) is 0 Å². The van der Waals surface area contributed by atoms with Crippen LogP contribution in [-0.2, 0) is 9.53 Å². The minimum Gasteiger partial charge on any atom is -0.481 e. The SMILES string of the molecule is CC(C)CC1NC(=O)O[C@H]1CC(C)(C)C(=O)O. The summed E-state index contributed by atoms with van der Waals surface area (Å²) in [6, 6.07) is -0.0823. The van der Waals surface area contributed by atoms with Gasteiger partial charge in [-0.25, -0.2) is 4.79 Å². The van der Waals surface area contributed by atoms with Crippen LogP contribution in [0.15, 0.2) is 0 Å². The summed E-state index contributed by atoms with van der Waals surface area (Å²) in [6.07, 6.45) is 0.336. The first-order valence-corrected chi connectivity index (χ1v) is 5.93. The molecule has 5 nitrogen and oxygen atoms in total. The molecule has 1 aliphatic heterocycles. The van der Waals surface area contributed by atoms with Gasteiger partial charge in [0, 0.05) is 6.42 Å². The van der Waals surface area contributed by atoms with Crippen LogP contribution in [0, 0.1) is 11.3 Å². The summed E-state index contributed by atoms with van der Waals surface area (Å²) >= 11 is 0. The van der Waals surface area contributed by atoms with Gasteiger partial charge < -0.3 is 15.2 Å². The zero-order chi connectivity index (χ0) is 13.2. The number of carbonyl (C=O) groups is 2. The third kappa shape index (κ3) is 3.61. The van der Waals surface area contributed by atoms with Gasteiger partial charge in [-0.3, -0.25) is 4.79 Å². The molecule has 5 heteroatoms. The number of carboxylic acid groups (broad SMARTS) is 1. The predicted molar refractivity (Wildman–Crippen MR) is 62.7 cm³/mol. The Bertz CT molecular complexity index is 312. The van der Waals surface area contributed by atoms with Crippen LogP contribution < -0.4 is 5.32 Å². The number of cyclic esters (lactones) is 1. The smallest absolute Gasteiger partial charge is 0.407 e. The first-order valence-electron chi connectivity index (χ1n) is 5.93. The maximum Gasteiger partial charge on any atom is 0.407 e. The molecule has 17 heavy (non-hydrogen) atoms. The Hall–Kier alpha value is -1.26. The second kappa shape index (κ2) is 4.94. The monoisotopic (exact) mass is 243 g/mol. The van der Waals surface area contributed by atoms with Crippen LogP contribution in [0.3, 0.4) is 0 Å². The maximum atomic E-state index is 11.2. The molecule has 1 saturated heterocycles. The Morgan fingerprint density at radius 3 is 2.59 bits per heavy atom. The molecule has 0 aromatic rings. The quantitative estimate of drug-likeness (QED) is 0.774. The Morgan fingerprint density at radius 2 is 2.12 bits per heavy atom. The standard InChI is InChI=1S/C12H21NO4/c1-7(2)5-8-9(17-11(16)13-8)6-12(3,4)10(14)15/h7-9H,5-6H2,1-4H3,(H,13,16)(H,14,15)/t8?,9-/m0/s1. The zero-order valence-corrected chi connectivity index (χ0v) is 10.8. The lowest BCUT2D eigenvalue weighted by atomic mass is 9.83. The van der Waals surface area contributed by atoms with Gasteiger partial charge in [-0.1, -0.05) is 13.8 Å². The van der Waals surface area contributed by atoms with Gasteiger partial charge in [0.05, 0.1) is 11.5 Å². The second-order valence-electron chi connectivity index (χ2n) is 5.72. The van der Waals surface area contributed by atoms with Crippen molar-refractivity contribution >= 4 is 12.1 Å². The lowest BCUT2D eigenvalue weighted by Gasteiger charge is -2.25. The maximum absolute atomic E-state index is 11.2. The molecule has 2 N–H and O–H groups in total. The summed E-state index contributed by atoms with van der Waals surface area (Å²) in [5.74, 6) is -0.443. The predicted octanol–water partition coefficient (Wildman–Crippen LogP) is 2.01. The van der Waals surface area contributed by atoms with Crippen LogP contribution >= 0.6 is 0 Å². The van der Waals surface area contributed by atoms with Crippen molar-refractivity contribution in [1.29, 1.82) is 0 Å². The van der Waals surface area contributed by atoms with Crippen molar-refractivity contribution in [2.45, 2.75) is 52.7 Å². The molecule has 98 valence electrons. The molecular weight excluding hydrogens is 222 g/mol. The molecule has 0 aromatic heterocycles. The molecular formula is C12H21NO4. The van der Waals surface area contributed by atoms with Crippen LogP contribution in [0.2, 0.25) is 0 Å². The molecule has 0 aromatic carbocycles. The molecule has 1 unspecified atom stereocenters. The highest BCUT2D eigenvalue weighted by atomic mass is 16.6. The van der Waals surface area contributed by atoms with E-state index in [-0.39, 0.29) is 12.1 Å². The number of aliphatic carboxylic acids is 1. The van der Waals surface area contributed by atoms with Gasteiger partial charge in [0.1, 0.15) is 6.10 Å². The molecule has 1 heterocycles. The summed E-state index contributed by atoms with van der Waals surface area (Å²) in [6.45, 7) is 7.41. The van der Waals surface area contributed by atoms with E-state index in [1.165, 1.54) is 0 Å². The fourth-order valence-corrected chi connectivity index (χ4v) is 1.99. The minimum atomic E-state index is -0.883. The highest BCUT2D eigenvalue weighted by Gasteiger charge is 2.40. The minimum absolute atomic E-state index is 0.0823.